The van der Waals surface area contributed by atoms with E-state index in [0.29, 0.717) is 11.5 Å². The summed E-state index contributed by atoms with van der Waals surface area (Å²) in [7, 11) is 0. The van der Waals surface area contributed by atoms with Crippen LogP contribution in [0.5, 0.6) is 0 Å². The van der Waals surface area contributed by atoms with Crippen molar-refractivity contribution in [1.29, 1.82) is 0 Å². The maximum Gasteiger partial charge on any atom is 0.407 e. The number of hydrogen-bond donors (Lipinski definition) is 2. The van der Waals surface area contributed by atoms with Gasteiger partial charge in [0.25, 0.3) is 0 Å². The molecule has 2 aliphatic carbocycles. The van der Waals surface area contributed by atoms with Crippen LogP contribution in [0, 0.1) is 5.41 Å². The summed E-state index contributed by atoms with van der Waals surface area (Å²) < 4.78 is 5.24. The highest BCUT2D eigenvalue weighted by Crippen LogP contribution is 2.52. The molecular weight excluding hydrogens is 216 g/mol. The van der Waals surface area contributed by atoms with E-state index in [1.165, 1.54) is 6.42 Å². The van der Waals surface area contributed by atoms with Crippen LogP contribution in [-0.2, 0) is 4.74 Å². The zero-order valence-corrected chi connectivity index (χ0v) is 11.1. The van der Waals surface area contributed by atoms with E-state index in [1.807, 2.05) is 20.8 Å². The summed E-state index contributed by atoms with van der Waals surface area (Å²) in [5.74, 6) is 0. The normalized spacial score (nSPS) is 36.7. The zero-order valence-electron chi connectivity index (χ0n) is 11.1. The van der Waals surface area contributed by atoms with Gasteiger partial charge in [0.15, 0.2) is 0 Å². The molecule has 2 aliphatic rings. The highest BCUT2D eigenvalue weighted by Gasteiger charge is 2.48. The molecule has 98 valence electrons. The maximum absolute atomic E-state index is 11.6. The molecule has 0 saturated heterocycles. The summed E-state index contributed by atoms with van der Waals surface area (Å²) in [6.07, 6.45) is 5.33. The van der Waals surface area contributed by atoms with Gasteiger partial charge in [0.05, 0.1) is 0 Å². The number of hydrogen-bond acceptors (Lipinski definition) is 3. The molecule has 0 aliphatic heterocycles. The second-order valence-corrected chi connectivity index (χ2v) is 6.75. The van der Waals surface area contributed by atoms with Gasteiger partial charge in [-0.05, 0) is 58.3 Å². The molecule has 1 amide bonds. The Labute approximate surface area is 103 Å². The third kappa shape index (κ3) is 3.12. The minimum absolute atomic E-state index is 0.287. The van der Waals surface area contributed by atoms with Crippen LogP contribution in [0.4, 0.5) is 4.79 Å². The van der Waals surface area contributed by atoms with Gasteiger partial charge in [0.1, 0.15) is 5.60 Å². The van der Waals surface area contributed by atoms with Crippen molar-refractivity contribution in [3.05, 3.63) is 0 Å². The summed E-state index contributed by atoms with van der Waals surface area (Å²) in [5, 5.41) is 2.94. The number of ether oxygens (including phenoxy) is 1. The Hall–Kier alpha value is -0.770. The summed E-state index contributed by atoms with van der Waals surface area (Å²) in [6.45, 7) is 5.64. The number of carbonyl (C=O) groups is 1. The van der Waals surface area contributed by atoms with Gasteiger partial charge in [-0.15, -0.1) is 0 Å². The molecule has 3 N–H and O–H groups in total. The van der Waals surface area contributed by atoms with Gasteiger partial charge in [0.2, 0.25) is 0 Å². The van der Waals surface area contributed by atoms with Crippen molar-refractivity contribution in [3.8, 4) is 0 Å². The third-order valence-corrected chi connectivity index (χ3v) is 3.82. The molecular formula is C13H24N2O2. The van der Waals surface area contributed by atoms with E-state index in [9.17, 15) is 4.79 Å². The Morgan fingerprint density at radius 3 is 2.47 bits per heavy atom. The summed E-state index contributed by atoms with van der Waals surface area (Å²) in [4.78, 5) is 11.6. The van der Waals surface area contributed by atoms with Crippen LogP contribution < -0.4 is 11.1 Å². The van der Waals surface area contributed by atoms with E-state index in [2.05, 4.69) is 5.32 Å². The molecule has 0 bridgehead atoms. The average molecular weight is 240 g/mol. The second-order valence-electron chi connectivity index (χ2n) is 6.75. The van der Waals surface area contributed by atoms with Gasteiger partial charge in [0, 0.05) is 12.1 Å². The lowest BCUT2D eigenvalue weighted by molar-refractivity contribution is 0.0334. The molecule has 17 heavy (non-hydrogen) atoms. The minimum atomic E-state index is -0.415. The Morgan fingerprint density at radius 2 is 2.00 bits per heavy atom. The first-order chi connectivity index (χ1) is 7.78. The Bertz CT molecular complexity index is 303. The molecule has 1 unspecified atom stereocenters. The van der Waals surface area contributed by atoms with Crippen LogP contribution in [0.3, 0.4) is 0 Å². The van der Waals surface area contributed by atoms with Crippen LogP contribution in [0.25, 0.3) is 0 Å². The van der Waals surface area contributed by atoms with Gasteiger partial charge in [-0.3, -0.25) is 0 Å². The van der Waals surface area contributed by atoms with Crippen molar-refractivity contribution in [3.63, 3.8) is 0 Å². The van der Waals surface area contributed by atoms with Crippen molar-refractivity contribution in [2.45, 2.75) is 70.6 Å². The fourth-order valence-electron chi connectivity index (χ4n) is 3.18. The van der Waals surface area contributed by atoms with Gasteiger partial charge in [-0.25, -0.2) is 4.79 Å². The van der Waals surface area contributed by atoms with Crippen molar-refractivity contribution in [1.82, 2.24) is 5.32 Å². The first-order valence-electron chi connectivity index (χ1n) is 6.53. The fourth-order valence-corrected chi connectivity index (χ4v) is 3.18. The van der Waals surface area contributed by atoms with Crippen LogP contribution in [0.15, 0.2) is 0 Å². The van der Waals surface area contributed by atoms with Crippen molar-refractivity contribution in [2.75, 3.05) is 0 Å². The van der Waals surface area contributed by atoms with E-state index in [-0.39, 0.29) is 12.1 Å². The highest BCUT2D eigenvalue weighted by molar-refractivity contribution is 5.68. The van der Waals surface area contributed by atoms with Crippen molar-refractivity contribution < 1.29 is 9.53 Å². The van der Waals surface area contributed by atoms with Crippen LogP contribution in [0.2, 0.25) is 0 Å². The molecule has 0 aromatic heterocycles. The smallest absolute Gasteiger partial charge is 0.407 e. The maximum atomic E-state index is 11.6. The molecule has 4 nitrogen and oxygen atoms in total. The molecule has 0 aromatic carbocycles. The molecule has 0 heterocycles. The van der Waals surface area contributed by atoms with Gasteiger partial charge >= 0.3 is 6.09 Å². The minimum Gasteiger partial charge on any atom is -0.444 e. The molecule has 0 radical (unpaired) electrons. The SMILES string of the molecule is CC(C)(C)OC(=O)NC1CC2(CCC(N)C2)C1. The summed E-state index contributed by atoms with van der Waals surface area (Å²) >= 11 is 0. The highest BCUT2D eigenvalue weighted by atomic mass is 16.6. The quantitative estimate of drug-likeness (QED) is 0.738. The lowest BCUT2D eigenvalue weighted by Crippen LogP contribution is -2.51. The summed E-state index contributed by atoms with van der Waals surface area (Å²) in [6, 6.07) is 0.660. The Morgan fingerprint density at radius 1 is 1.35 bits per heavy atom. The summed E-state index contributed by atoms with van der Waals surface area (Å²) in [5.41, 5.74) is 5.95. The predicted octanol–water partition coefficient (Wildman–Crippen LogP) is 2.17. The van der Waals surface area contributed by atoms with Gasteiger partial charge in [-0.1, -0.05) is 0 Å². The van der Waals surface area contributed by atoms with Crippen LogP contribution in [-0.4, -0.2) is 23.8 Å². The molecule has 2 rings (SSSR count). The lowest BCUT2D eigenvalue weighted by Gasteiger charge is -2.45. The number of rotatable bonds is 1. The van der Waals surface area contributed by atoms with Crippen molar-refractivity contribution >= 4 is 6.09 Å². The monoisotopic (exact) mass is 240 g/mol. The van der Waals surface area contributed by atoms with E-state index in [4.69, 9.17) is 10.5 Å². The molecule has 2 fully saturated rings. The number of alkyl carbamates (subject to hydrolysis) is 1. The second kappa shape index (κ2) is 4.16. The molecule has 0 aromatic rings. The Kier molecular flexibility index (Phi) is 3.10. The average Bonchev–Trinajstić information content (AvgIpc) is 2.43. The first kappa shape index (κ1) is 12.7. The van der Waals surface area contributed by atoms with E-state index < -0.39 is 5.60 Å². The Balaban J connectivity index is 1.72. The standard InChI is InChI=1S/C13H24N2O2/c1-12(2,3)17-11(16)15-10-7-13(8-10)5-4-9(14)6-13/h9-10H,4-8,14H2,1-3H3,(H,15,16). The molecule has 1 spiro atoms. The third-order valence-electron chi connectivity index (χ3n) is 3.82. The largest absolute Gasteiger partial charge is 0.444 e. The number of nitrogens with two attached hydrogens (primary N) is 1. The molecule has 2 saturated carbocycles. The lowest BCUT2D eigenvalue weighted by atomic mass is 9.64. The van der Waals surface area contributed by atoms with Gasteiger partial charge < -0.3 is 15.8 Å². The van der Waals surface area contributed by atoms with E-state index >= 15 is 0 Å². The zero-order chi connectivity index (χ0) is 12.7. The van der Waals surface area contributed by atoms with E-state index in [0.717, 1.165) is 25.7 Å². The van der Waals surface area contributed by atoms with Crippen LogP contribution in [0.1, 0.15) is 52.9 Å². The number of amides is 1. The first-order valence-corrected chi connectivity index (χ1v) is 6.53. The van der Waals surface area contributed by atoms with Crippen molar-refractivity contribution in [2.24, 2.45) is 11.1 Å². The molecule has 1 atom stereocenters. The van der Waals surface area contributed by atoms with Crippen LogP contribution >= 0.6 is 0 Å². The topological polar surface area (TPSA) is 64.3 Å². The number of nitrogens with one attached hydrogen (secondary N) is 1. The van der Waals surface area contributed by atoms with Gasteiger partial charge in [-0.2, -0.15) is 0 Å². The molecule has 4 heteroatoms. The fraction of sp³-hybridized carbons (Fsp3) is 0.923. The predicted molar refractivity (Wildman–Crippen MR) is 66.7 cm³/mol. The van der Waals surface area contributed by atoms with E-state index in [1.54, 1.807) is 0 Å². The number of carbonyl (C=O) groups excluding carboxylic acids is 1.